The summed E-state index contributed by atoms with van der Waals surface area (Å²) < 4.78 is 0. The Morgan fingerprint density at radius 2 is 1.33 bits per heavy atom. The van der Waals surface area contributed by atoms with E-state index in [2.05, 4.69) is 13.8 Å². The van der Waals surface area contributed by atoms with E-state index in [9.17, 15) is 0 Å². The predicted octanol–water partition coefficient (Wildman–Crippen LogP) is 0.600. The first-order valence-electron chi connectivity index (χ1n) is 2.49. The van der Waals surface area contributed by atoms with Crippen molar-refractivity contribution in [2.75, 3.05) is 0 Å². The fourth-order valence-corrected chi connectivity index (χ4v) is 0.701. The smallest absolute Gasteiger partial charge is 0.00966 e. The summed E-state index contributed by atoms with van der Waals surface area (Å²) in [6.45, 7) is 4.38. The van der Waals surface area contributed by atoms with Crippen molar-refractivity contribution in [1.29, 1.82) is 0 Å². The van der Waals surface area contributed by atoms with Gasteiger partial charge in [0.15, 0.2) is 0 Å². The SMILES string of the molecule is C[C@@H]1C(N)[C@@H]1C. The molecule has 0 aliphatic heterocycles. The van der Waals surface area contributed by atoms with Crippen molar-refractivity contribution in [3.63, 3.8) is 0 Å². The minimum Gasteiger partial charge on any atom is -0.327 e. The molecule has 0 saturated heterocycles. The van der Waals surface area contributed by atoms with Gasteiger partial charge in [-0.3, -0.25) is 0 Å². The highest BCUT2D eigenvalue weighted by atomic mass is 14.8. The van der Waals surface area contributed by atoms with Crippen LogP contribution in [0.1, 0.15) is 13.8 Å². The molecule has 0 spiro atoms. The van der Waals surface area contributed by atoms with Crippen LogP contribution in [0.3, 0.4) is 0 Å². The third-order valence-electron chi connectivity index (χ3n) is 1.90. The molecule has 0 heterocycles. The van der Waals surface area contributed by atoms with E-state index in [0.29, 0.717) is 6.04 Å². The summed E-state index contributed by atoms with van der Waals surface area (Å²) in [5, 5.41) is 0. The fraction of sp³-hybridized carbons (Fsp3) is 1.00. The van der Waals surface area contributed by atoms with Crippen molar-refractivity contribution >= 4 is 0 Å². The lowest BCUT2D eigenvalue weighted by atomic mass is 10.4. The van der Waals surface area contributed by atoms with Crippen LogP contribution in [0.15, 0.2) is 0 Å². The average Bonchev–Trinajstić information content (AvgIpc) is 1.94. The standard InChI is InChI=1S/C5H11N/c1-3-4(2)5(3)6/h3-5H,6H2,1-2H3/t3-,4+,5?. The average molecular weight is 85.1 g/mol. The van der Waals surface area contributed by atoms with Gasteiger partial charge < -0.3 is 5.73 Å². The Morgan fingerprint density at radius 1 is 1.17 bits per heavy atom. The lowest BCUT2D eigenvalue weighted by Gasteiger charge is -1.69. The highest BCUT2D eigenvalue weighted by molar-refractivity contribution is 4.94. The van der Waals surface area contributed by atoms with E-state index in [-0.39, 0.29) is 0 Å². The Hall–Kier alpha value is -0.0400. The van der Waals surface area contributed by atoms with Crippen molar-refractivity contribution in [3.05, 3.63) is 0 Å². The first-order valence-corrected chi connectivity index (χ1v) is 2.49. The van der Waals surface area contributed by atoms with Gasteiger partial charge in [0, 0.05) is 6.04 Å². The molecule has 1 aliphatic carbocycles. The Bertz CT molecular complexity index is 40.7. The van der Waals surface area contributed by atoms with Gasteiger partial charge in [-0.15, -0.1) is 0 Å². The summed E-state index contributed by atoms with van der Waals surface area (Å²) in [6, 6.07) is 0.519. The second-order valence-corrected chi connectivity index (χ2v) is 2.30. The fourth-order valence-electron chi connectivity index (χ4n) is 0.701. The zero-order valence-electron chi connectivity index (χ0n) is 4.31. The molecule has 0 radical (unpaired) electrons. The van der Waals surface area contributed by atoms with Crippen molar-refractivity contribution in [2.45, 2.75) is 19.9 Å². The molecule has 1 nitrogen and oxygen atoms in total. The third kappa shape index (κ3) is 0.350. The van der Waals surface area contributed by atoms with Crippen LogP contribution in [0.5, 0.6) is 0 Å². The molecule has 2 N–H and O–H groups in total. The lowest BCUT2D eigenvalue weighted by molar-refractivity contribution is 0.834. The second kappa shape index (κ2) is 0.969. The summed E-state index contributed by atoms with van der Waals surface area (Å²) in [5.41, 5.74) is 5.51. The lowest BCUT2D eigenvalue weighted by Crippen LogP contribution is -2.01. The van der Waals surface area contributed by atoms with E-state index < -0.39 is 0 Å². The molecule has 1 unspecified atom stereocenters. The number of hydrogen-bond acceptors (Lipinski definition) is 1. The van der Waals surface area contributed by atoms with Crippen LogP contribution in [0.25, 0.3) is 0 Å². The topological polar surface area (TPSA) is 26.0 Å². The molecule has 6 heavy (non-hydrogen) atoms. The normalized spacial score (nSPS) is 55.5. The maximum Gasteiger partial charge on any atom is 0.00966 e. The zero-order valence-corrected chi connectivity index (χ0v) is 4.31. The van der Waals surface area contributed by atoms with E-state index in [1.807, 2.05) is 0 Å². The quantitative estimate of drug-likeness (QED) is 0.458. The number of rotatable bonds is 0. The summed E-state index contributed by atoms with van der Waals surface area (Å²) >= 11 is 0. The van der Waals surface area contributed by atoms with Gasteiger partial charge in [-0.05, 0) is 11.8 Å². The minimum atomic E-state index is 0.519. The molecule has 1 saturated carbocycles. The van der Waals surface area contributed by atoms with Crippen LogP contribution in [0.2, 0.25) is 0 Å². The van der Waals surface area contributed by atoms with Crippen LogP contribution in [0, 0.1) is 11.8 Å². The molecule has 3 atom stereocenters. The molecule has 0 aromatic carbocycles. The Balaban J connectivity index is 2.31. The molecule has 36 valence electrons. The molecule has 1 aliphatic rings. The van der Waals surface area contributed by atoms with Crippen LogP contribution < -0.4 is 5.73 Å². The molecule has 0 bridgehead atoms. The van der Waals surface area contributed by atoms with E-state index in [1.54, 1.807) is 0 Å². The van der Waals surface area contributed by atoms with E-state index >= 15 is 0 Å². The molecule has 0 aromatic heterocycles. The summed E-state index contributed by atoms with van der Waals surface area (Å²) in [4.78, 5) is 0. The van der Waals surface area contributed by atoms with Gasteiger partial charge >= 0.3 is 0 Å². The Labute approximate surface area is 38.5 Å². The molecule has 1 rings (SSSR count). The van der Waals surface area contributed by atoms with Gasteiger partial charge in [0.1, 0.15) is 0 Å². The third-order valence-corrected chi connectivity index (χ3v) is 1.90. The van der Waals surface area contributed by atoms with Gasteiger partial charge in [-0.2, -0.15) is 0 Å². The van der Waals surface area contributed by atoms with Gasteiger partial charge in [0.2, 0.25) is 0 Å². The van der Waals surface area contributed by atoms with E-state index in [1.165, 1.54) is 0 Å². The largest absolute Gasteiger partial charge is 0.327 e. The van der Waals surface area contributed by atoms with Gasteiger partial charge in [0.05, 0.1) is 0 Å². The zero-order chi connectivity index (χ0) is 4.73. The van der Waals surface area contributed by atoms with Crippen LogP contribution >= 0.6 is 0 Å². The molecule has 0 amide bonds. The summed E-state index contributed by atoms with van der Waals surface area (Å²) in [6.07, 6.45) is 0. The molecule has 1 heteroatoms. The Kier molecular flexibility index (Phi) is 0.667. The van der Waals surface area contributed by atoms with Gasteiger partial charge in [-0.1, -0.05) is 13.8 Å². The molecule has 1 fully saturated rings. The highest BCUT2D eigenvalue weighted by Crippen LogP contribution is 2.34. The van der Waals surface area contributed by atoms with Crippen LogP contribution in [-0.4, -0.2) is 6.04 Å². The minimum absolute atomic E-state index is 0.519. The molecule has 0 aromatic rings. The van der Waals surface area contributed by atoms with Crippen molar-refractivity contribution in [3.8, 4) is 0 Å². The van der Waals surface area contributed by atoms with Crippen LogP contribution in [-0.2, 0) is 0 Å². The summed E-state index contributed by atoms with van der Waals surface area (Å²) in [7, 11) is 0. The number of nitrogens with two attached hydrogens (primary N) is 1. The summed E-state index contributed by atoms with van der Waals surface area (Å²) in [5.74, 6) is 1.59. The van der Waals surface area contributed by atoms with E-state index in [0.717, 1.165) is 11.8 Å². The molecular formula is C5H11N. The Morgan fingerprint density at radius 3 is 1.33 bits per heavy atom. The van der Waals surface area contributed by atoms with Crippen molar-refractivity contribution in [2.24, 2.45) is 17.6 Å². The van der Waals surface area contributed by atoms with Crippen molar-refractivity contribution in [1.82, 2.24) is 0 Å². The van der Waals surface area contributed by atoms with Crippen molar-refractivity contribution < 1.29 is 0 Å². The van der Waals surface area contributed by atoms with Gasteiger partial charge in [-0.25, -0.2) is 0 Å². The first-order chi connectivity index (χ1) is 2.73. The second-order valence-electron chi connectivity index (χ2n) is 2.30. The van der Waals surface area contributed by atoms with E-state index in [4.69, 9.17) is 5.73 Å². The van der Waals surface area contributed by atoms with Crippen LogP contribution in [0.4, 0.5) is 0 Å². The monoisotopic (exact) mass is 85.1 g/mol. The number of hydrogen-bond donors (Lipinski definition) is 1. The maximum absolute atomic E-state index is 5.51. The molecular weight excluding hydrogens is 74.1 g/mol. The maximum atomic E-state index is 5.51. The first kappa shape index (κ1) is 4.13. The van der Waals surface area contributed by atoms with Gasteiger partial charge in [0.25, 0.3) is 0 Å². The predicted molar refractivity (Wildman–Crippen MR) is 26.3 cm³/mol. The highest BCUT2D eigenvalue weighted by Gasteiger charge is 2.38.